The van der Waals surface area contributed by atoms with Crippen LogP contribution < -0.4 is 14.8 Å². The molecule has 0 fully saturated rings. The van der Waals surface area contributed by atoms with E-state index in [1.54, 1.807) is 26.4 Å². The summed E-state index contributed by atoms with van der Waals surface area (Å²) in [5.41, 5.74) is 1.64. The lowest BCUT2D eigenvalue weighted by molar-refractivity contribution is 0.174. The van der Waals surface area contributed by atoms with Gasteiger partial charge in [-0.1, -0.05) is 18.2 Å². The van der Waals surface area contributed by atoms with Crippen molar-refractivity contribution >= 4 is 0 Å². The maximum Gasteiger partial charge on any atom is 0.127 e. The summed E-state index contributed by atoms with van der Waals surface area (Å²) in [6, 6.07) is 11.4. The van der Waals surface area contributed by atoms with E-state index >= 15 is 0 Å². The lowest BCUT2D eigenvalue weighted by Gasteiger charge is -2.14. The van der Waals surface area contributed by atoms with Crippen molar-refractivity contribution in [1.29, 1.82) is 0 Å². The molecule has 2 aromatic rings. The number of aliphatic hydroxyl groups is 1. The minimum atomic E-state index is -0.690. The molecule has 118 valence electrons. The van der Waals surface area contributed by atoms with Gasteiger partial charge in [0.2, 0.25) is 0 Å². The Labute approximate surface area is 129 Å². The number of ether oxygens (including phenoxy) is 2. The second kappa shape index (κ2) is 7.77. The van der Waals surface area contributed by atoms with Gasteiger partial charge >= 0.3 is 0 Å². The van der Waals surface area contributed by atoms with Gasteiger partial charge in [-0.15, -0.1) is 0 Å². The molecule has 1 atom stereocenters. The largest absolute Gasteiger partial charge is 0.497 e. The Morgan fingerprint density at radius 2 is 1.82 bits per heavy atom. The highest BCUT2D eigenvalue weighted by Crippen LogP contribution is 2.24. The van der Waals surface area contributed by atoms with Gasteiger partial charge in [0, 0.05) is 24.7 Å². The summed E-state index contributed by atoms with van der Waals surface area (Å²) in [4.78, 5) is 0. The number of hydrogen-bond acceptors (Lipinski definition) is 4. The molecule has 0 aliphatic rings. The number of rotatable bonds is 7. The molecule has 0 spiro atoms. The maximum atomic E-state index is 12.8. The van der Waals surface area contributed by atoms with Crippen molar-refractivity contribution in [3.05, 3.63) is 59.4 Å². The molecule has 2 N–H and O–H groups in total. The van der Waals surface area contributed by atoms with Crippen LogP contribution >= 0.6 is 0 Å². The summed E-state index contributed by atoms with van der Waals surface area (Å²) in [6.07, 6.45) is -0.690. The quantitative estimate of drug-likeness (QED) is 0.826. The van der Waals surface area contributed by atoms with Gasteiger partial charge < -0.3 is 19.9 Å². The SMILES string of the molecule is COc1ccc(CNCC(O)c2ccc(F)cc2)c(OC)c1. The van der Waals surface area contributed by atoms with Crippen LogP contribution in [0.1, 0.15) is 17.2 Å². The van der Waals surface area contributed by atoms with Gasteiger partial charge in [-0.3, -0.25) is 0 Å². The van der Waals surface area contributed by atoms with Crippen molar-refractivity contribution in [3.63, 3.8) is 0 Å². The first-order valence-corrected chi connectivity index (χ1v) is 6.99. The van der Waals surface area contributed by atoms with Crippen LogP contribution in [0.4, 0.5) is 4.39 Å². The molecule has 0 aromatic heterocycles. The van der Waals surface area contributed by atoms with Crippen molar-refractivity contribution in [2.75, 3.05) is 20.8 Å². The topological polar surface area (TPSA) is 50.7 Å². The van der Waals surface area contributed by atoms with Crippen LogP contribution in [0.15, 0.2) is 42.5 Å². The molecular weight excluding hydrogens is 285 g/mol. The van der Waals surface area contributed by atoms with Crippen LogP contribution in [0.3, 0.4) is 0 Å². The third-order valence-electron chi connectivity index (χ3n) is 3.40. The highest BCUT2D eigenvalue weighted by molar-refractivity contribution is 5.40. The Hall–Kier alpha value is -2.11. The van der Waals surface area contributed by atoms with Crippen molar-refractivity contribution in [2.24, 2.45) is 0 Å². The summed E-state index contributed by atoms with van der Waals surface area (Å²) < 4.78 is 23.3. The molecule has 0 aliphatic heterocycles. The Balaban J connectivity index is 1.91. The fourth-order valence-electron chi connectivity index (χ4n) is 2.14. The maximum absolute atomic E-state index is 12.8. The molecule has 2 aromatic carbocycles. The molecule has 0 radical (unpaired) electrons. The zero-order valence-corrected chi connectivity index (χ0v) is 12.7. The van der Waals surface area contributed by atoms with Crippen molar-refractivity contribution in [3.8, 4) is 11.5 Å². The Morgan fingerprint density at radius 3 is 2.45 bits per heavy atom. The van der Waals surface area contributed by atoms with Gasteiger partial charge in [-0.2, -0.15) is 0 Å². The number of halogens is 1. The first-order chi connectivity index (χ1) is 10.6. The minimum Gasteiger partial charge on any atom is -0.497 e. The summed E-state index contributed by atoms with van der Waals surface area (Å²) in [6.45, 7) is 0.909. The predicted molar refractivity (Wildman–Crippen MR) is 82.6 cm³/mol. The fourth-order valence-corrected chi connectivity index (χ4v) is 2.14. The van der Waals surface area contributed by atoms with Crippen LogP contribution in [0.2, 0.25) is 0 Å². The molecule has 5 heteroatoms. The monoisotopic (exact) mass is 305 g/mol. The van der Waals surface area contributed by atoms with E-state index in [-0.39, 0.29) is 5.82 Å². The Kier molecular flexibility index (Phi) is 5.75. The van der Waals surface area contributed by atoms with Gasteiger partial charge in [0.15, 0.2) is 0 Å². The molecule has 1 unspecified atom stereocenters. The van der Waals surface area contributed by atoms with Crippen LogP contribution in [-0.4, -0.2) is 25.9 Å². The standard InChI is InChI=1S/C17H20FNO3/c1-21-15-8-5-13(17(9-15)22-2)10-19-11-16(20)12-3-6-14(18)7-4-12/h3-9,16,19-20H,10-11H2,1-2H3. The van der Waals surface area contributed by atoms with Crippen LogP contribution in [0.5, 0.6) is 11.5 Å². The van der Waals surface area contributed by atoms with Crippen LogP contribution in [-0.2, 0) is 6.54 Å². The Bertz CT molecular complexity index is 601. The van der Waals surface area contributed by atoms with E-state index in [9.17, 15) is 9.50 Å². The second-order valence-electron chi connectivity index (χ2n) is 4.88. The van der Waals surface area contributed by atoms with Gasteiger partial charge in [-0.25, -0.2) is 4.39 Å². The molecule has 2 rings (SSSR count). The van der Waals surface area contributed by atoms with Crippen molar-refractivity contribution in [2.45, 2.75) is 12.6 Å². The predicted octanol–water partition coefficient (Wildman–Crippen LogP) is 2.67. The summed E-state index contributed by atoms with van der Waals surface area (Å²) in [5, 5.41) is 13.2. The highest BCUT2D eigenvalue weighted by atomic mass is 19.1. The zero-order valence-electron chi connectivity index (χ0n) is 12.7. The normalized spacial score (nSPS) is 12.0. The third-order valence-corrected chi connectivity index (χ3v) is 3.40. The number of aliphatic hydroxyl groups excluding tert-OH is 1. The molecule has 0 heterocycles. The number of hydrogen-bond donors (Lipinski definition) is 2. The third kappa shape index (κ3) is 4.19. The van der Waals surface area contributed by atoms with Gasteiger partial charge in [-0.05, 0) is 23.8 Å². The molecule has 4 nitrogen and oxygen atoms in total. The molecular formula is C17H20FNO3. The Morgan fingerprint density at radius 1 is 1.09 bits per heavy atom. The number of benzene rings is 2. The molecule has 0 saturated carbocycles. The van der Waals surface area contributed by atoms with E-state index in [4.69, 9.17) is 9.47 Å². The number of nitrogens with one attached hydrogen (secondary N) is 1. The van der Waals surface area contributed by atoms with E-state index in [2.05, 4.69) is 5.32 Å². The zero-order chi connectivity index (χ0) is 15.9. The van der Waals surface area contributed by atoms with Crippen molar-refractivity contribution < 1.29 is 19.0 Å². The first-order valence-electron chi connectivity index (χ1n) is 6.99. The second-order valence-corrected chi connectivity index (χ2v) is 4.88. The van der Waals surface area contributed by atoms with Crippen LogP contribution in [0, 0.1) is 5.82 Å². The molecule has 0 bridgehead atoms. The molecule has 22 heavy (non-hydrogen) atoms. The van der Waals surface area contributed by atoms with Gasteiger partial charge in [0.05, 0.1) is 20.3 Å². The molecule has 0 amide bonds. The van der Waals surface area contributed by atoms with Gasteiger partial charge in [0.1, 0.15) is 17.3 Å². The first kappa shape index (κ1) is 16.3. The van der Waals surface area contributed by atoms with Gasteiger partial charge in [0.25, 0.3) is 0 Å². The lowest BCUT2D eigenvalue weighted by Crippen LogP contribution is -2.21. The van der Waals surface area contributed by atoms with E-state index < -0.39 is 6.10 Å². The molecule has 0 saturated heterocycles. The van der Waals surface area contributed by atoms with Crippen molar-refractivity contribution in [1.82, 2.24) is 5.32 Å². The minimum absolute atomic E-state index is 0.313. The average molecular weight is 305 g/mol. The van der Waals surface area contributed by atoms with E-state index in [1.165, 1.54) is 12.1 Å². The average Bonchev–Trinajstić information content (AvgIpc) is 2.55. The lowest BCUT2D eigenvalue weighted by atomic mass is 10.1. The smallest absolute Gasteiger partial charge is 0.127 e. The fraction of sp³-hybridized carbons (Fsp3) is 0.294. The van der Waals surface area contributed by atoms with E-state index in [1.807, 2.05) is 18.2 Å². The van der Waals surface area contributed by atoms with E-state index in [0.29, 0.717) is 18.7 Å². The van der Waals surface area contributed by atoms with Crippen LogP contribution in [0.25, 0.3) is 0 Å². The summed E-state index contributed by atoms with van der Waals surface area (Å²) in [7, 11) is 3.21. The summed E-state index contributed by atoms with van der Waals surface area (Å²) >= 11 is 0. The van der Waals surface area contributed by atoms with E-state index in [0.717, 1.165) is 17.1 Å². The highest BCUT2D eigenvalue weighted by Gasteiger charge is 2.09. The summed E-state index contributed by atoms with van der Waals surface area (Å²) in [5.74, 6) is 1.14. The number of methoxy groups -OCH3 is 2. The molecule has 0 aliphatic carbocycles.